The molecule has 0 amide bonds. The lowest BCUT2D eigenvalue weighted by molar-refractivity contribution is 0.00487. The normalized spacial score (nSPS) is 37.8. The van der Waals surface area contributed by atoms with E-state index in [4.69, 9.17) is 22.4 Å². The van der Waals surface area contributed by atoms with E-state index in [9.17, 15) is 0 Å². The van der Waals surface area contributed by atoms with Crippen LogP contribution in [-0.4, -0.2) is 44.4 Å². The third-order valence-electron chi connectivity index (χ3n) is 1.74. The second kappa shape index (κ2) is 4.09. The molecule has 3 atom stereocenters. The molecule has 4 heteroatoms. The van der Waals surface area contributed by atoms with Crippen LogP contribution >= 0.6 is 0 Å². The van der Waals surface area contributed by atoms with Crippen molar-refractivity contribution < 1.29 is 14.6 Å². The fourth-order valence-corrected chi connectivity index (χ4v) is 1.13. The van der Waals surface area contributed by atoms with Crippen molar-refractivity contribution in [1.82, 2.24) is 0 Å². The Hall–Kier alpha value is -0.0551. The summed E-state index contributed by atoms with van der Waals surface area (Å²) in [7, 11) is 5.41. The number of ether oxygens (including phenoxy) is 2. The molecule has 1 aliphatic rings. The van der Waals surface area contributed by atoms with E-state index in [-0.39, 0.29) is 6.10 Å². The minimum Gasteiger partial charge on any atom is -0.391 e. The first kappa shape index (κ1) is 9.04. The quantitative estimate of drug-likeness (QED) is 0.568. The summed E-state index contributed by atoms with van der Waals surface area (Å²) in [4.78, 5) is 0. The second-order valence-corrected chi connectivity index (χ2v) is 2.69. The van der Waals surface area contributed by atoms with Gasteiger partial charge in [0.05, 0.1) is 18.8 Å². The first-order chi connectivity index (χ1) is 5.24. The summed E-state index contributed by atoms with van der Waals surface area (Å²) in [6.45, 7) is 3.12. The highest BCUT2D eigenvalue weighted by atomic mass is 16.5. The lowest BCUT2D eigenvalue weighted by Gasteiger charge is -2.09. The molecule has 3 nitrogen and oxygen atoms in total. The smallest absolute Gasteiger partial charge is 0.112 e. The summed E-state index contributed by atoms with van der Waals surface area (Å²) in [5.41, 5.74) is 0. The van der Waals surface area contributed by atoms with Crippen molar-refractivity contribution in [3.8, 4) is 0 Å². The number of aliphatic hydroxyl groups is 1. The van der Waals surface area contributed by atoms with Crippen molar-refractivity contribution in [3.63, 3.8) is 0 Å². The predicted molar refractivity (Wildman–Crippen MR) is 41.5 cm³/mol. The van der Waals surface area contributed by atoms with Gasteiger partial charge in [0, 0.05) is 19.0 Å². The molecule has 1 fully saturated rings. The fraction of sp³-hybridized carbons (Fsp3) is 1.00. The second-order valence-electron chi connectivity index (χ2n) is 2.69. The van der Waals surface area contributed by atoms with Gasteiger partial charge in [-0.2, -0.15) is 0 Å². The Kier molecular flexibility index (Phi) is 3.36. The summed E-state index contributed by atoms with van der Waals surface area (Å²) in [5.74, 6) is 0. The Bertz CT molecular complexity index is 110. The van der Waals surface area contributed by atoms with E-state index in [0.29, 0.717) is 19.6 Å². The fourth-order valence-electron chi connectivity index (χ4n) is 1.13. The third kappa shape index (κ3) is 2.47. The zero-order chi connectivity index (χ0) is 8.27. The van der Waals surface area contributed by atoms with Gasteiger partial charge >= 0.3 is 0 Å². The molecule has 11 heavy (non-hydrogen) atoms. The highest BCUT2D eigenvalue weighted by Gasteiger charge is 2.29. The first-order valence-electron chi connectivity index (χ1n) is 3.91. The molecule has 0 aromatic carbocycles. The van der Waals surface area contributed by atoms with Gasteiger partial charge in [-0.1, -0.05) is 0 Å². The van der Waals surface area contributed by atoms with Crippen LogP contribution in [0.3, 0.4) is 0 Å². The minimum atomic E-state index is -0.527. The van der Waals surface area contributed by atoms with Crippen LogP contribution in [0.15, 0.2) is 0 Å². The minimum absolute atomic E-state index is 0.0278. The largest absolute Gasteiger partial charge is 0.391 e. The first-order valence-corrected chi connectivity index (χ1v) is 3.91. The van der Waals surface area contributed by atoms with E-state index < -0.39 is 12.1 Å². The molecule has 0 bridgehead atoms. The van der Waals surface area contributed by atoms with Crippen LogP contribution in [0.5, 0.6) is 0 Å². The van der Waals surface area contributed by atoms with Crippen molar-refractivity contribution in [2.45, 2.75) is 31.6 Å². The van der Waals surface area contributed by atoms with Crippen LogP contribution < -0.4 is 0 Å². The van der Waals surface area contributed by atoms with Crippen LogP contribution in [0.2, 0.25) is 0 Å². The molecule has 2 radical (unpaired) electrons. The third-order valence-corrected chi connectivity index (χ3v) is 1.74. The lowest BCUT2D eigenvalue weighted by Crippen LogP contribution is -2.20. The van der Waals surface area contributed by atoms with Gasteiger partial charge in [-0.3, -0.25) is 0 Å². The van der Waals surface area contributed by atoms with Crippen molar-refractivity contribution in [1.29, 1.82) is 0 Å². The van der Waals surface area contributed by atoms with Gasteiger partial charge in [-0.15, -0.1) is 0 Å². The maximum Gasteiger partial charge on any atom is 0.112 e. The number of rotatable bonds is 3. The number of hydrogen-bond donors (Lipinski definition) is 1. The van der Waals surface area contributed by atoms with Gasteiger partial charge < -0.3 is 14.6 Å². The monoisotopic (exact) mass is 156 g/mol. The van der Waals surface area contributed by atoms with E-state index in [1.165, 1.54) is 0 Å². The Balaban J connectivity index is 2.18. The molecule has 1 rings (SSSR count). The maximum atomic E-state index is 9.16. The van der Waals surface area contributed by atoms with E-state index in [1.807, 2.05) is 6.92 Å². The molecule has 1 unspecified atom stereocenters. The van der Waals surface area contributed by atoms with Crippen molar-refractivity contribution in [2.75, 3.05) is 13.2 Å². The maximum absolute atomic E-state index is 9.16. The molecule has 0 saturated carbocycles. The van der Waals surface area contributed by atoms with E-state index in [1.54, 1.807) is 0 Å². The average molecular weight is 156 g/mol. The SMILES string of the molecule is [B]C1O[C@H](COCC)C[C@H]1O. The molecular weight excluding hydrogens is 143 g/mol. The van der Waals surface area contributed by atoms with Crippen LogP contribution in [0, 0.1) is 0 Å². The Labute approximate surface area is 68.1 Å². The van der Waals surface area contributed by atoms with Gasteiger partial charge in [-0.25, -0.2) is 0 Å². The van der Waals surface area contributed by atoms with Gasteiger partial charge in [0.1, 0.15) is 7.85 Å². The summed E-state index contributed by atoms with van der Waals surface area (Å²) >= 11 is 0. The van der Waals surface area contributed by atoms with Crippen LogP contribution in [0.1, 0.15) is 13.3 Å². The van der Waals surface area contributed by atoms with E-state index in [0.717, 1.165) is 0 Å². The molecule has 0 spiro atoms. The molecule has 0 aromatic rings. The predicted octanol–water partition coefficient (Wildman–Crippen LogP) is -0.333. The highest BCUT2D eigenvalue weighted by Crippen LogP contribution is 2.18. The summed E-state index contributed by atoms with van der Waals surface area (Å²) in [6, 6.07) is -0.527. The molecule has 0 aliphatic carbocycles. The molecule has 1 aliphatic heterocycles. The molecule has 1 heterocycles. The number of aliphatic hydroxyl groups excluding tert-OH is 1. The summed E-state index contributed by atoms with van der Waals surface area (Å²) in [6.07, 6.45) is 0.0293. The van der Waals surface area contributed by atoms with Gasteiger partial charge in [-0.05, 0) is 6.92 Å². The zero-order valence-electron chi connectivity index (χ0n) is 6.69. The number of hydrogen-bond acceptors (Lipinski definition) is 3. The highest BCUT2D eigenvalue weighted by molar-refractivity contribution is 6.11. The van der Waals surface area contributed by atoms with Gasteiger partial charge in [0.25, 0.3) is 0 Å². The van der Waals surface area contributed by atoms with Crippen molar-refractivity contribution in [2.24, 2.45) is 0 Å². The molecule has 1 saturated heterocycles. The van der Waals surface area contributed by atoms with Crippen molar-refractivity contribution in [3.05, 3.63) is 0 Å². The Morgan fingerprint density at radius 2 is 2.45 bits per heavy atom. The van der Waals surface area contributed by atoms with Gasteiger partial charge in [0.15, 0.2) is 0 Å². The summed E-state index contributed by atoms with van der Waals surface area (Å²) < 4.78 is 10.3. The molecule has 62 valence electrons. The molecule has 0 aromatic heterocycles. The molecule has 1 N–H and O–H groups in total. The average Bonchev–Trinajstić information content (AvgIpc) is 2.28. The van der Waals surface area contributed by atoms with Gasteiger partial charge in [0.2, 0.25) is 0 Å². The summed E-state index contributed by atoms with van der Waals surface area (Å²) in [5, 5.41) is 9.16. The van der Waals surface area contributed by atoms with Crippen LogP contribution in [-0.2, 0) is 9.47 Å². The molecular formula is C7H13BO3. The van der Waals surface area contributed by atoms with Crippen molar-refractivity contribution >= 4 is 7.85 Å². The zero-order valence-corrected chi connectivity index (χ0v) is 6.69. The van der Waals surface area contributed by atoms with E-state index in [2.05, 4.69) is 0 Å². The lowest BCUT2D eigenvalue weighted by atomic mass is 9.95. The van der Waals surface area contributed by atoms with Crippen LogP contribution in [0.4, 0.5) is 0 Å². The van der Waals surface area contributed by atoms with Crippen LogP contribution in [0.25, 0.3) is 0 Å². The Morgan fingerprint density at radius 3 is 2.91 bits per heavy atom. The standard InChI is InChI=1S/C7H13BO3/c1-2-10-4-5-3-6(9)7(8)11-5/h5-7,9H,2-4H2,1H3/t5-,6+,7?/m0/s1. The topological polar surface area (TPSA) is 38.7 Å². The Morgan fingerprint density at radius 1 is 1.73 bits per heavy atom. The van der Waals surface area contributed by atoms with E-state index >= 15 is 0 Å².